The molecule has 0 radical (unpaired) electrons. The van der Waals surface area contributed by atoms with Crippen molar-refractivity contribution < 1.29 is 14.3 Å². The lowest BCUT2D eigenvalue weighted by Gasteiger charge is -2.15. The number of aryl methyl sites for hydroxylation is 2. The van der Waals surface area contributed by atoms with E-state index in [-0.39, 0.29) is 12.5 Å². The lowest BCUT2D eigenvalue weighted by molar-refractivity contribution is -0.114. The predicted molar refractivity (Wildman–Crippen MR) is 106 cm³/mol. The van der Waals surface area contributed by atoms with Crippen LogP contribution in [0.15, 0.2) is 42.5 Å². The van der Waals surface area contributed by atoms with Gasteiger partial charge in [0.05, 0.1) is 18.8 Å². The maximum Gasteiger partial charge on any atom is 0.243 e. The minimum Gasteiger partial charge on any atom is -0.489 e. The first-order valence-corrected chi connectivity index (χ1v) is 9.07. The van der Waals surface area contributed by atoms with Gasteiger partial charge in [0, 0.05) is 12.3 Å². The molecule has 26 heavy (non-hydrogen) atoms. The number of rotatable bonds is 10. The third-order valence-electron chi connectivity index (χ3n) is 4.02. The van der Waals surface area contributed by atoms with Crippen molar-refractivity contribution in [3.8, 4) is 5.75 Å². The highest BCUT2D eigenvalue weighted by atomic mass is 16.5. The number of nitrogens with one attached hydrogen (secondary N) is 2. The van der Waals surface area contributed by atoms with E-state index in [1.54, 1.807) is 0 Å². The summed E-state index contributed by atoms with van der Waals surface area (Å²) >= 11 is 0. The van der Waals surface area contributed by atoms with Crippen molar-refractivity contribution in [3.63, 3.8) is 0 Å². The van der Waals surface area contributed by atoms with Crippen LogP contribution < -0.4 is 15.4 Å². The van der Waals surface area contributed by atoms with E-state index in [1.165, 1.54) is 5.56 Å². The summed E-state index contributed by atoms with van der Waals surface area (Å²) in [6.07, 6.45) is 0.919. The molecule has 2 N–H and O–H groups in total. The van der Waals surface area contributed by atoms with E-state index in [1.807, 2.05) is 50.2 Å². The number of benzene rings is 2. The molecule has 1 amide bonds. The molecule has 0 aliphatic rings. The summed E-state index contributed by atoms with van der Waals surface area (Å²) in [6, 6.07) is 13.6. The van der Waals surface area contributed by atoms with E-state index in [9.17, 15) is 4.79 Å². The fraction of sp³-hybridized carbons (Fsp3) is 0.381. The third-order valence-corrected chi connectivity index (χ3v) is 4.02. The fourth-order valence-electron chi connectivity index (χ4n) is 2.69. The number of anilines is 2. The maximum atomic E-state index is 12.4. The highest BCUT2D eigenvalue weighted by Crippen LogP contribution is 2.24. The van der Waals surface area contributed by atoms with E-state index in [0.29, 0.717) is 31.3 Å². The fourth-order valence-corrected chi connectivity index (χ4v) is 2.69. The highest BCUT2D eigenvalue weighted by Gasteiger charge is 2.09. The normalized spacial score (nSPS) is 10.4. The number of ether oxygens (including phenoxy) is 2. The second-order valence-corrected chi connectivity index (χ2v) is 5.91. The van der Waals surface area contributed by atoms with Crippen LogP contribution in [0.2, 0.25) is 0 Å². The van der Waals surface area contributed by atoms with Crippen LogP contribution in [0, 0.1) is 6.92 Å². The first-order valence-electron chi connectivity index (χ1n) is 9.07. The molecule has 0 aliphatic heterocycles. The van der Waals surface area contributed by atoms with Crippen LogP contribution in [-0.4, -0.2) is 32.3 Å². The molecule has 0 fully saturated rings. The van der Waals surface area contributed by atoms with Crippen molar-refractivity contribution in [3.05, 3.63) is 53.6 Å². The maximum absolute atomic E-state index is 12.4. The van der Waals surface area contributed by atoms with E-state index in [0.717, 1.165) is 17.7 Å². The van der Waals surface area contributed by atoms with Crippen LogP contribution in [0.3, 0.4) is 0 Å². The standard InChI is InChI=1S/C21H28N2O3/c1-4-17-10-8-9-16(3)21(17)22-15-20(24)23-18-11-6-7-12-19(18)26-14-13-25-5-2/h6-12,22H,4-5,13-15H2,1-3H3,(H,23,24). The van der Waals surface area contributed by atoms with Crippen LogP contribution in [0.25, 0.3) is 0 Å². The van der Waals surface area contributed by atoms with Crippen molar-refractivity contribution in [1.82, 2.24) is 0 Å². The second-order valence-electron chi connectivity index (χ2n) is 5.91. The van der Waals surface area contributed by atoms with Gasteiger partial charge in [-0.2, -0.15) is 0 Å². The van der Waals surface area contributed by atoms with Gasteiger partial charge in [-0.1, -0.05) is 37.3 Å². The molecule has 0 bridgehead atoms. The van der Waals surface area contributed by atoms with Gasteiger partial charge in [-0.25, -0.2) is 0 Å². The van der Waals surface area contributed by atoms with Gasteiger partial charge < -0.3 is 20.1 Å². The monoisotopic (exact) mass is 356 g/mol. The third kappa shape index (κ3) is 5.77. The van der Waals surface area contributed by atoms with Gasteiger partial charge in [-0.05, 0) is 43.5 Å². The molecule has 5 nitrogen and oxygen atoms in total. The number of carbonyl (C=O) groups is 1. The minimum atomic E-state index is -0.115. The molecule has 0 saturated carbocycles. The van der Waals surface area contributed by atoms with Crippen LogP contribution in [-0.2, 0) is 16.0 Å². The van der Waals surface area contributed by atoms with Crippen molar-refractivity contribution in [1.29, 1.82) is 0 Å². The summed E-state index contributed by atoms with van der Waals surface area (Å²) in [5.74, 6) is 0.529. The summed E-state index contributed by atoms with van der Waals surface area (Å²) in [4.78, 5) is 12.4. The lowest BCUT2D eigenvalue weighted by atomic mass is 10.1. The molecule has 0 heterocycles. The summed E-state index contributed by atoms with van der Waals surface area (Å²) in [7, 11) is 0. The van der Waals surface area contributed by atoms with Gasteiger partial charge in [0.2, 0.25) is 5.91 Å². The molecule has 2 aromatic carbocycles. The number of carbonyl (C=O) groups excluding carboxylic acids is 1. The van der Waals surface area contributed by atoms with Crippen LogP contribution in [0.5, 0.6) is 5.75 Å². The SMILES string of the molecule is CCOCCOc1ccccc1NC(=O)CNc1c(C)cccc1CC. The molecule has 5 heteroatoms. The molecule has 0 aromatic heterocycles. The summed E-state index contributed by atoms with van der Waals surface area (Å²) < 4.78 is 11.0. The highest BCUT2D eigenvalue weighted by molar-refractivity contribution is 5.95. The Labute approximate surface area is 155 Å². The quantitative estimate of drug-likeness (QED) is 0.631. The van der Waals surface area contributed by atoms with Gasteiger partial charge in [0.1, 0.15) is 12.4 Å². The van der Waals surface area contributed by atoms with Crippen LogP contribution in [0.4, 0.5) is 11.4 Å². The van der Waals surface area contributed by atoms with Crippen molar-refractivity contribution in [2.45, 2.75) is 27.2 Å². The molecule has 0 spiro atoms. The average molecular weight is 356 g/mol. The second kappa shape index (κ2) is 10.5. The Kier molecular flexibility index (Phi) is 7.96. The number of hydrogen-bond donors (Lipinski definition) is 2. The van der Waals surface area contributed by atoms with Gasteiger partial charge in [0.15, 0.2) is 0 Å². The zero-order valence-electron chi connectivity index (χ0n) is 15.8. The number of para-hydroxylation sites is 3. The van der Waals surface area contributed by atoms with Gasteiger partial charge in [-0.3, -0.25) is 4.79 Å². The molecular formula is C21H28N2O3. The Bertz CT molecular complexity index is 716. The molecule has 0 saturated heterocycles. The lowest BCUT2D eigenvalue weighted by Crippen LogP contribution is -2.23. The van der Waals surface area contributed by atoms with Crippen LogP contribution in [0.1, 0.15) is 25.0 Å². The molecule has 0 atom stereocenters. The predicted octanol–water partition coefficient (Wildman–Crippen LogP) is 4.02. The largest absolute Gasteiger partial charge is 0.489 e. The summed E-state index contributed by atoms with van der Waals surface area (Å²) in [5, 5.41) is 6.17. The Balaban J connectivity index is 1.94. The van der Waals surface area contributed by atoms with E-state index in [4.69, 9.17) is 9.47 Å². The first-order chi connectivity index (χ1) is 12.7. The zero-order chi connectivity index (χ0) is 18.8. The minimum absolute atomic E-state index is 0.115. The molecular weight excluding hydrogens is 328 g/mol. The Hall–Kier alpha value is -2.53. The van der Waals surface area contributed by atoms with Crippen molar-refractivity contribution >= 4 is 17.3 Å². The van der Waals surface area contributed by atoms with Gasteiger partial charge >= 0.3 is 0 Å². The van der Waals surface area contributed by atoms with Crippen molar-refractivity contribution in [2.75, 3.05) is 37.0 Å². The molecule has 0 unspecified atom stereocenters. The zero-order valence-corrected chi connectivity index (χ0v) is 15.8. The molecule has 2 aromatic rings. The average Bonchev–Trinajstić information content (AvgIpc) is 2.65. The summed E-state index contributed by atoms with van der Waals surface area (Å²) in [5.41, 5.74) is 4.04. The van der Waals surface area contributed by atoms with E-state index < -0.39 is 0 Å². The molecule has 0 aliphatic carbocycles. The smallest absolute Gasteiger partial charge is 0.243 e. The topological polar surface area (TPSA) is 59.6 Å². The van der Waals surface area contributed by atoms with Crippen LogP contribution >= 0.6 is 0 Å². The number of hydrogen-bond acceptors (Lipinski definition) is 4. The summed E-state index contributed by atoms with van der Waals surface area (Å²) in [6.45, 7) is 7.92. The Morgan fingerprint density at radius 2 is 1.85 bits per heavy atom. The molecule has 2 rings (SSSR count). The first kappa shape index (κ1) is 19.8. The van der Waals surface area contributed by atoms with E-state index in [2.05, 4.69) is 23.6 Å². The Morgan fingerprint density at radius 1 is 1.04 bits per heavy atom. The van der Waals surface area contributed by atoms with Gasteiger partial charge in [0.25, 0.3) is 0 Å². The van der Waals surface area contributed by atoms with E-state index >= 15 is 0 Å². The molecule has 140 valence electrons. The van der Waals surface area contributed by atoms with Gasteiger partial charge in [-0.15, -0.1) is 0 Å². The Morgan fingerprint density at radius 3 is 2.62 bits per heavy atom. The number of amides is 1. The van der Waals surface area contributed by atoms with Crippen molar-refractivity contribution in [2.24, 2.45) is 0 Å².